The Balaban J connectivity index is 0.00000264. The minimum absolute atomic E-state index is 0. The number of benzene rings is 1. The van der Waals surface area contributed by atoms with Gasteiger partial charge in [0.1, 0.15) is 0 Å². The highest BCUT2D eigenvalue weighted by Crippen LogP contribution is 2.29. The fourth-order valence-corrected chi connectivity index (χ4v) is 3.25. The van der Waals surface area contributed by atoms with Gasteiger partial charge >= 0.3 is 0 Å². The molecule has 1 heterocycles. The molecule has 0 aliphatic carbocycles. The molecule has 1 fully saturated rings. The maximum Gasteiger partial charge on any atom is 0.227 e. The summed E-state index contributed by atoms with van der Waals surface area (Å²) < 4.78 is 5.37. The fourth-order valence-electron chi connectivity index (χ4n) is 3.25. The van der Waals surface area contributed by atoms with Crippen LogP contribution in [0.3, 0.4) is 0 Å². The van der Waals surface area contributed by atoms with Crippen molar-refractivity contribution in [3.05, 3.63) is 34.9 Å². The summed E-state index contributed by atoms with van der Waals surface area (Å²) in [6.45, 7) is 7.89. The molecule has 1 aromatic rings. The second kappa shape index (κ2) is 8.67. The smallest absolute Gasteiger partial charge is 0.227 e. The molecule has 5 heteroatoms. The van der Waals surface area contributed by atoms with E-state index in [0.29, 0.717) is 32.6 Å². The topological polar surface area (TPSA) is 64.4 Å². The zero-order valence-corrected chi connectivity index (χ0v) is 15.2. The first-order valence-corrected chi connectivity index (χ1v) is 8.11. The number of carbonyl (C=O) groups is 1. The first kappa shape index (κ1) is 19.9. The van der Waals surface area contributed by atoms with Gasteiger partial charge < -0.3 is 15.8 Å². The Labute approximate surface area is 145 Å². The monoisotopic (exact) mass is 340 g/mol. The van der Waals surface area contributed by atoms with E-state index < -0.39 is 5.41 Å². The summed E-state index contributed by atoms with van der Waals surface area (Å²) in [4.78, 5) is 12.6. The van der Waals surface area contributed by atoms with E-state index in [-0.39, 0.29) is 24.4 Å². The molecule has 130 valence electrons. The maximum atomic E-state index is 12.6. The van der Waals surface area contributed by atoms with E-state index in [1.165, 1.54) is 16.7 Å². The summed E-state index contributed by atoms with van der Waals surface area (Å²) in [5.41, 5.74) is 9.23. The van der Waals surface area contributed by atoms with Crippen molar-refractivity contribution in [2.24, 2.45) is 11.1 Å². The van der Waals surface area contributed by atoms with Gasteiger partial charge in [0, 0.05) is 25.8 Å². The molecular formula is C18H29ClN2O2. The van der Waals surface area contributed by atoms with E-state index in [2.05, 4.69) is 44.3 Å². The molecule has 0 bridgehead atoms. The van der Waals surface area contributed by atoms with Gasteiger partial charge in [-0.25, -0.2) is 0 Å². The molecule has 4 nitrogen and oxygen atoms in total. The van der Waals surface area contributed by atoms with Gasteiger partial charge in [-0.1, -0.05) is 29.3 Å². The van der Waals surface area contributed by atoms with Crippen LogP contribution < -0.4 is 11.1 Å². The van der Waals surface area contributed by atoms with Crippen molar-refractivity contribution in [2.45, 2.75) is 46.1 Å². The molecule has 0 spiro atoms. The van der Waals surface area contributed by atoms with Crippen molar-refractivity contribution >= 4 is 18.3 Å². The molecular weight excluding hydrogens is 312 g/mol. The van der Waals surface area contributed by atoms with Crippen molar-refractivity contribution < 1.29 is 9.53 Å². The molecule has 2 rings (SSSR count). The van der Waals surface area contributed by atoms with Gasteiger partial charge in [-0.2, -0.15) is 0 Å². The zero-order valence-electron chi connectivity index (χ0n) is 14.4. The number of hydrogen-bond acceptors (Lipinski definition) is 3. The number of amides is 1. The molecule has 0 saturated carbocycles. The Morgan fingerprint density at radius 1 is 1.26 bits per heavy atom. The Hall–Kier alpha value is -1.10. The van der Waals surface area contributed by atoms with Crippen molar-refractivity contribution in [1.29, 1.82) is 0 Å². The average Bonchev–Trinajstić information content (AvgIpc) is 2.46. The minimum atomic E-state index is -0.449. The highest BCUT2D eigenvalue weighted by atomic mass is 35.5. The second-order valence-corrected chi connectivity index (χ2v) is 6.67. The second-order valence-electron chi connectivity index (χ2n) is 6.67. The molecule has 1 unspecified atom stereocenters. The maximum absolute atomic E-state index is 12.6. The van der Waals surface area contributed by atoms with Crippen molar-refractivity contribution in [1.82, 2.24) is 5.32 Å². The molecule has 1 amide bonds. The van der Waals surface area contributed by atoms with Gasteiger partial charge in [-0.3, -0.25) is 4.79 Å². The van der Waals surface area contributed by atoms with Crippen molar-refractivity contribution in [3.63, 3.8) is 0 Å². The van der Waals surface area contributed by atoms with Crippen LogP contribution in [0.5, 0.6) is 0 Å². The number of ether oxygens (including phenoxy) is 1. The first-order valence-electron chi connectivity index (χ1n) is 8.11. The molecule has 23 heavy (non-hydrogen) atoms. The average molecular weight is 341 g/mol. The third-order valence-corrected chi connectivity index (χ3v) is 4.52. The van der Waals surface area contributed by atoms with Gasteiger partial charge in [0.2, 0.25) is 5.91 Å². The number of carbonyl (C=O) groups excluding carboxylic acids is 1. The van der Waals surface area contributed by atoms with Gasteiger partial charge in [0.05, 0.1) is 5.41 Å². The third-order valence-electron chi connectivity index (χ3n) is 4.52. The zero-order chi connectivity index (χ0) is 16.2. The number of aryl methyl sites for hydroxylation is 2. The van der Waals surface area contributed by atoms with Crippen LogP contribution in [0.4, 0.5) is 0 Å². The molecule has 0 radical (unpaired) electrons. The predicted octanol–water partition coefficient (Wildman–Crippen LogP) is 2.53. The number of rotatable bonds is 5. The lowest BCUT2D eigenvalue weighted by molar-refractivity contribution is -0.136. The normalized spacial score (nSPS) is 17.9. The molecule has 0 aromatic heterocycles. The van der Waals surface area contributed by atoms with E-state index in [0.717, 1.165) is 6.42 Å². The molecule has 1 saturated heterocycles. The van der Waals surface area contributed by atoms with Crippen LogP contribution in [0.15, 0.2) is 18.2 Å². The van der Waals surface area contributed by atoms with Gasteiger partial charge in [-0.05, 0) is 45.6 Å². The van der Waals surface area contributed by atoms with E-state index in [1.54, 1.807) is 0 Å². The summed E-state index contributed by atoms with van der Waals surface area (Å²) in [6.07, 6.45) is 2.27. The Morgan fingerprint density at radius 3 is 2.35 bits per heavy atom. The SMILES string of the molecule is Cc1cc(C)cc(CC(C)NC(=O)C2(CN)CCOCC2)c1.Cl. The van der Waals surface area contributed by atoms with Crippen LogP contribution in [0.25, 0.3) is 0 Å². The standard InChI is InChI=1S/C18H28N2O2.ClH/c1-13-8-14(2)10-16(9-13)11-15(3)20-17(21)18(12-19)4-6-22-7-5-18;/h8-10,15H,4-7,11-12,19H2,1-3H3,(H,20,21);1H. The summed E-state index contributed by atoms with van der Waals surface area (Å²) in [7, 11) is 0. The van der Waals surface area contributed by atoms with Gasteiger partial charge in [-0.15, -0.1) is 12.4 Å². The lowest BCUT2D eigenvalue weighted by Crippen LogP contribution is -2.51. The van der Waals surface area contributed by atoms with Gasteiger partial charge in [0.25, 0.3) is 0 Å². The minimum Gasteiger partial charge on any atom is -0.381 e. The van der Waals surface area contributed by atoms with E-state index in [4.69, 9.17) is 10.5 Å². The molecule has 1 aromatic carbocycles. The van der Waals surface area contributed by atoms with Crippen molar-refractivity contribution in [2.75, 3.05) is 19.8 Å². The van der Waals surface area contributed by atoms with Crippen LogP contribution in [-0.2, 0) is 16.0 Å². The summed E-state index contributed by atoms with van der Waals surface area (Å²) >= 11 is 0. The van der Waals surface area contributed by atoms with Crippen LogP contribution in [0.1, 0.15) is 36.5 Å². The highest BCUT2D eigenvalue weighted by molar-refractivity contribution is 5.85. The number of nitrogens with one attached hydrogen (secondary N) is 1. The predicted molar refractivity (Wildman–Crippen MR) is 96.0 cm³/mol. The van der Waals surface area contributed by atoms with Crippen LogP contribution in [0, 0.1) is 19.3 Å². The van der Waals surface area contributed by atoms with E-state index in [1.807, 2.05) is 0 Å². The van der Waals surface area contributed by atoms with Crippen LogP contribution >= 0.6 is 12.4 Å². The quantitative estimate of drug-likeness (QED) is 0.865. The van der Waals surface area contributed by atoms with Gasteiger partial charge in [0.15, 0.2) is 0 Å². The largest absolute Gasteiger partial charge is 0.381 e. The lowest BCUT2D eigenvalue weighted by Gasteiger charge is -2.35. The Morgan fingerprint density at radius 2 is 1.83 bits per heavy atom. The number of hydrogen-bond donors (Lipinski definition) is 2. The fraction of sp³-hybridized carbons (Fsp3) is 0.611. The number of nitrogens with two attached hydrogens (primary N) is 1. The molecule has 1 atom stereocenters. The number of halogens is 1. The van der Waals surface area contributed by atoms with E-state index in [9.17, 15) is 4.79 Å². The van der Waals surface area contributed by atoms with Crippen LogP contribution in [0.2, 0.25) is 0 Å². The molecule has 1 aliphatic rings. The third kappa shape index (κ3) is 5.20. The van der Waals surface area contributed by atoms with Crippen LogP contribution in [-0.4, -0.2) is 31.7 Å². The summed E-state index contributed by atoms with van der Waals surface area (Å²) in [6, 6.07) is 6.63. The first-order chi connectivity index (χ1) is 10.4. The lowest BCUT2D eigenvalue weighted by atomic mass is 9.79. The Bertz CT molecular complexity index is 508. The molecule has 1 aliphatic heterocycles. The summed E-state index contributed by atoms with van der Waals surface area (Å²) in [5, 5.41) is 3.15. The molecule has 3 N–H and O–H groups in total. The Kier molecular flexibility index (Phi) is 7.52. The highest BCUT2D eigenvalue weighted by Gasteiger charge is 2.39. The van der Waals surface area contributed by atoms with Crippen molar-refractivity contribution in [3.8, 4) is 0 Å². The summed E-state index contributed by atoms with van der Waals surface area (Å²) in [5.74, 6) is 0.0789. The van der Waals surface area contributed by atoms with E-state index >= 15 is 0 Å².